The summed E-state index contributed by atoms with van der Waals surface area (Å²) in [5.41, 5.74) is 1.89. The predicted octanol–water partition coefficient (Wildman–Crippen LogP) is 2.07. The van der Waals surface area contributed by atoms with Gasteiger partial charge in [-0.05, 0) is 37.7 Å². The van der Waals surface area contributed by atoms with Crippen LogP contribution < -0.4 is 5.69 Å². The molecule has 1 aliphatic carbocycles. The summed E-state index contributed by atoms with van der Waals surface area (Å²) in [5, 5.41) is 7.82. The minimum atomic E-state index is -0.203. The summed E-state index contributed by atoms with van der Waals surface area (Å²) in [4.78, 5) is 18.8. The lowest BCUT2D eigenvalue weighted by atomic mass is 9.89. The van der Waals surface area contributed by atoms with E-state index in [0.717, 1.165) is 34.6 Å². The molecule has 0 saturated heterocycles. The highest BCUT2D eigenvalue weighted by Crippen LogP contribution is 2.38. The second-order valence-corrected chi connectivity index (χ2v) is 6.46. The highest BCUT2D eigenvalue weighted by atomic mass is 32.1. The van der Waals surface area contributed by atoms with Crippen molar-refractivity contribution in [2.75, 3.05) is 0 Å². The molecule has 4 rings (SSSR count). The summed E-state index contributed by atoms with van der Waals surface area (Å²) in [6.07, 6.45) is 3.39. The number of aryl methyl sites for hydroxylation is 2. The van der Waals surface area contributed by atoms with Crippen molar-refractivity contribution in [1.82, 2.24) is 19.6 Å². The molecule has 0 radical (unpaired) electrons. The van der Waals surface area contributed by atoms with Crippen molar-refractivity contribution in [3.8, 4) is 0 Å². The first-order chi connectivity index (χ1) is 9.15. The monoisotopic (exact) mass is 274 g/mol. The number of rotatable bonds is 0. The van der Waals surface area contributed by atoms with Gasteiger partial charge in [-0.25, -0.2) is 19.3 Å². The Morgan fingerprint density at radius 3 is 3.16 bits per heavy atom. The van der Waals surface area contributed by atoms with Crippen LogP contribution in [0.1, 0.15) is 29.6 Å². The van der Waals surface area contributed by atoms with Gasteiger partial charge in [0.05, 0.1) is 5.39 Å². The number of nitrogens with one attached hydrogen (secondary N) is 1. The first kappa shape index (κ1) is 11.2. The van der Waals surface area contributed by atoms with Crippen LogP contribution in [0.25, 0.3) is 15.9 Å². The van der Waals surface area contributed by atoms with Gasteiger partial charge in [-0.1, -0.05) is 6.92 Å². The molecule has 0 aromatic carbocycles. The van der Waals surface area contributed by atoms with Gasteiger partial charge in [0.2, 0.25) is 0 Å². The molecule has 1 N–H and O–H groups in total. The fourth-order valence-electron chi connectivity index (χ4n) is 3.01. The molecule has 3 aromatic rings. The molecule has 3 aromatic heterocycles. The van der Waals surface area contributed by atoms with Crippen molar-refractivity contribution >= 4 is 27.2 Å². The number of fused-ring (bicyclic) bond motifs is 5. The van der Waals surface area contributed by atoms with Crippen molar-refractivity contribution in [2.45, 2.75) is 33.1 Å². The van der Waals surface area contributed by atoms with Crippen LogP contribution in [-0.2, 0) is 12.8 Å². The van der Waals surface area contributed by atoms with Gasteiger partial charge in [-0.3, -0.25) is 0 Å². The lowest BCUT2D eigenvalue weighted by Crippen LogP contribution is -2.13. The van der Waals surface area contributed by atoms with Crippen molar-refractivity contribution in [3.05, 3.63) is 26.7 Å². The first-order valence-corrected chi connectivity index (χ1v) is 7.35. The minimum absolute atomic E-state index is 0.203. The highest BCUT2D eigenvalue weighted by molar-refractivity contribution is 7.19. The first-order valence-electron chi connectivity index (χ1n) is 6.53. The zero-order chi connectivity index (χ0) is 13.1. The van der Waals surface area contributed by atoms with Gasteiger partial charge >= 0.3 is 5.69 Å². The van der Waals surface area contributed by atoms with Gasteiger partial charge in [-0.2, -0.15) is 5.10 Å². The normalized spacial score (nSPS) is 19.2. The van der Waals surface area contributed by atoms with Crippen molar-refractivity contribution in [1.29, 1.82) is 0 Å². The number of aromatic amines is 1. The fourth-order valence-corrected chi connectivity index (χ4v) is 4.43. The summed E-state index contributed by atoms with van der Waals surface area (Å²) in [6.45, 7) is 4.14. The lowest BCUT2D eigenvalue weighted by Gasteiger charge is -2.17. The summed E-state index contributed by atoms with van der Waals surface area (Å²) < 4.78 is 1.58. The Bertz CT molecular complexity index is 857. The third-order valence-electron chi connectivity index (χ3n) is 3.98. The zero-order valence-electron chi connectivity index (χ0n) is 10.9. The SMILES string of the molecule is Cc1nc2sc3c(c2c2n[nH]c(=O)n12)CCC(C)C3. The van der Waals surface area contributed by atoms with Gasteiger partial charge in [0.1, 0.15) is 10.7 Å². The number of thiophene rings is 1. The van der Waals surface area contributed by atoms with E-state index in [1.54, 1.807) is 15.7 Å². The summed E-state index contributed by atoms with van der Waals surface area (Å²) >= 11 is 1.76. The summed E-state index contributed by atoms with van der Waals surface area (Å²) in [6, 6.07) is 0. The van der Waals surface area contributed by atoms with Gasteiger partial charge < -0.3 is 0 Å². The van der Waals surface area contributed by atoms with E-state index in [1.807, 2.05) is 6.92 Å². The van der Waals surface area contributed by atoms with E-state index in [4.69, 9.17) is 0 Å². The topological polar surface area (TPSA) is 63.0 Å². The molecule has 19 heavy (non-hydrogen) atoms. The van der Waals surface area contributed by atoms with Crippen molar-refractivity contribution < 1.29 is 0 Å². The minimum Gasteiger partial charge on any atom is -0.246 e. The largest absolute Gasteiger partial charge is 0.349 e. The highest BCUT2D eigenvalue weighted by Gasteiger charge is 2.24. The maximum absolute atomic E-state index is 11.8. The molecule has 1 aliphatic rings. The lowest BCUT2D eigenvalue weighted by molar-refractivity contribution is 0.509. The molecular weight excluding hydrogens is 260 g/mol. The third-order valence-corrected chi connectivity index (χ3v) is 5.12. The summed E-state index contributed by atoms with van der Waals surface area (Å²) in [7, 11) is 0. The Balaban J connectivity index is 2.18. The average Bonchev–Trinajstić information content (AvgIpc) is 2.89. The van der Waals surface area contributed by atoms with E-state index in [-0.39, 0.29) is 5.69 Å². The van der Waals surface area contributed by atoms with E-state index in [9.17, 15) is 4.79 Å². The van der Waals surface area contributed by atoms with E-state index in [2.05, 4.69) is 22.1 Å². The maximum Gasteiger partial charge on any atom is 0.349 e. The van der Waals surface area contributed by atoms with Crippen LogP contribution in [-0.4, -0.2) is 19.6 Å². The molecule has 98 valence electrons. The second kappa shape index (κ2) is 3.66. The molecule has 5 nitrogen and oxygen atoms in total. The van der Waals surface area contributed by atoms with Crippen LogP contribution >= 0.6 is 11.3 Å². The standard InChI is InChI=1S/C13H14N4OS/c1-6-3-4-8-9(5-6)19-12-10(8)11-15-16-13(18)17(11)7(2)14-12/h6H,3-5H2,1-2H3,(H,16,18). The molecule has 1 unspecified atom stereocenters. The molecule has 6 heteroatoms. The second-order valence-electron chi connectivity index (χ2n) is 5.38. The van der Waals surface area contributed by atoms with Gasteiger partial charge in [-0.15, -0.1) is 11.3 Å². The Kier molecular flexibility index (Phi) is 2.15. The van der Waals surface area contributed by atoms with Gasteiger partial charge in [0.15, 0.2) is 5.65 Å². The number of hydrogen-bond donors (Lipinski definition) is 1. The molecule has 1 atom stereocenters. The predicted molar refractivity (Wildman–Crippen MR) is 74.9 cm³/mol. The van der Waals surface area contributed by atoms with E-state index in [0.29, 0.717) is 5.82 Å². The Morgan fingerprint density at radius 2 is 2.32 bits per heavy atom. The molecule has 0 fully saturated rings. The Labute approximate surface area is 113 Å². The molecule has 0 bridgehead atoms. The molecule has 0 aliphatic heterocycles. The van der Waals surface area contributed by atoms with Crippen LogP contribution in [0.2, 0.25) is 0 Å². The van der Waals surface area contributed by atoms with E-state index >= 15 is 0 Å². The maximum atomic E-state index is 11.8. The zero-order valence-corrected chi connectivity index (χ0v) is 11.7. The molecular formula is C13H14N4OS. The van der Waals surface area contributed by atoms with Crippen LogP contribution in [0.5, 0.6) is 0 Å². The van der Waals surface area contributed by atoms with E-state index in [1.165, 1.54) is 16.9 Å². The van der Waals surface area contributed by atoms with Crippen LogP contribution in [0.15, 0.2) is 4.79 Å². The Morgan fingerprint density at radius 1 is 1.47 bits per heavy atom. The van der Waals surface area contributed by atoms with Crippen LogP contribution in [0.3, 0.4) is 0 Å². The molecule has 0 saturated carbocycles. The van der Waals surface area contributed by atoms with Crippen LogP contribution in [0.4, 0.5) is 0 Å². The number of hydrogen-bond acceptors (Lipinski definition) is 4. The van der Waals surface area contributed by atoms with Gasteiger partial charge in [0, 0.05) is 4.88 Å². The number of H-pyrrole nitrogens is 1. The van der Waals surface area contributed by atoms with Crippen molar-refractivity contribution in [2.24, 2.45) is 5.92 Å². The smallest absolute Gasteiger partial charge is 0.246 e. The molecule has 3 heterocycles. The molecule has 0 amide bonds. The number of nitrogens with zero attached hydrogens (tertiary/aromatic N) is 3. The average molecular weight is 274 g/mol. The van der Waals surface area contributed by atoms with Crippen LogP contribution in [0, 0.1) is 12.8 Å². The third kappa shape index (κ3) is 1.43. The Hall–Kier alpha value is -1.69. The van der Waals surface area contributed by atoms with E-state index < -0.39 is 0 Å². The number of aromatic nitrogens is 4. The quantitative estimate of drug-likeness (QED) is 0.682. The van der Waals surface area contributed by atoms with Crippen molar-refractivity contribution in [3.63, 3.8) is 0 Å². The van der Waals surface area contributed by atoms with Gasteiger partial charge in [0.25, 0.3) is 0 Å². The molecule has 0 spiro atoms. The fraction of sp³-hybridized carbons (Fsp3) is 0.462. The summed E-state index contributed by atoms with van der Waals surface area (Å²) in [5.74, 6) is 1.44.